The molecule has 1 heteroatoms. The first-order chi connectivity index (χ1) is 7.68. The zero-order valence-corrected chi connectivity index (χ0v) is 9.57. The van der Waals surface area contributed by atoms with Crippen molar-refractivity contribution >= 4 is 0 Å². The number of halogens is 1. The Kier molecular flexibility index (Phi) is 3.04. The normalized spacial score (nSPS) is 10.8. The van der Waals surface area contributed by atoms with Gasteiger partial charge in [0.25, 0.3) is 0 Å². The molecule has 82 valence electrons. The topological polar surface area (TPSA) is 0 Å². The van der Waals surface area contributed by atoms with Gasteiger partial charge in [0.05, 0.1) is 0 Å². The van der Waals surface area contributed by atoms with Crippen LogP contribution in [0.3, 0.4) is 0 Å². The average molecular weight is 214 g/mol. The molecule has 0 unspecified atom stereocenters. The minimum Gasteiger partial charge on any atom is -0.207 e. The van der Waals surface area contributed by atoms with E-state index >= 15 is 0 Å². The predicted molar refractivity (Wildman–Crippen MR) is 65.9 cm³/mol. The highest BCUT2D eigenvalue weighted by Crippen LogP contribution is 2.29. The molecule has 0 nitrogen and oxygen atoms in total. The van der Waals surface area contributed by atoms with Gasteiger partial charge in [0.15, 0.2) is 0 Å². The van der Waals surface area contributed by atoms with Crippen molar-refractivity contribution < 1.29 is 4.39 Å². The van der Waals surface area contributed by atoms with Crippen LogP contribution in [0.2, 0.25) is 0 Å². The van der Waals surface area contributed by atoms with Crippen LogP contribution < -0.4 is 0 Å². The van der Waals surface area contributed by atoms with Gasteiger partial charge < -0.3 is 0 Å². The maximum absolute atomic E-state index is 13.2. The lowest BCUT2D eigenvalue weighted by Crippen LogP contribution is -1.92. The Morgan fingerprint density at radius 1 is 0.938 bits per heavy atom. The van der Waals surface area contributed by atoms with E-state index in [-0.39, 0.29) is 5.82 Å². The summed E-state index contributed by atoms with van der Waals surface area (Å²) >= 11 is 0. The Morgan fingerprint density at radius 3 is 2.38 bits per heavy atom. The number of rotatable bonds is 2. The minimum atomic E-state index is -0.184. The van der Waals surface area contributed by atoms with Crippen LogP contribution in [-0.4, -0.2) is 0 Å². The van der Waals surface area contributed by atoms with Gasteiger partial charge in [-0.15, -0.1) is 0 Å². The zero-order chi connectivity index (χ0) is 11.5. The third-order valence-electron chi connectivity index (χ3n) is 2.72. The van der Waals surface area contributed by atoms with Crippen molar-refractivity contribution in [3.05, 3.63) is 59.9 Å². The second-order valence-corrected chi connectivity index (χ2v) is 4.25. The van der Waals surface area contributed by atoms with E-state index < -0.39 is 0 Å². The number of hydrogen-bond acceptors (Lipinski definition) is 0. The summed E-state index contributed by atoms with van der Waals surface area (Å²) in [7, 11) is 0. The molecular weight excluding hydrogens is 199 g/mol. The van der Waals surface area contributed by atoms with Crippen molar-refractivity contribution in [2.45, 2.75) is 19.8 Å². The molecule has 0 N–H and O–H groups in total. The van der Waals surface area contributed by atoms with E-state index in [4.69, 9.17) is 0 Å². The molecule has 0 atom stereocenters. The summed E-state index contributed by atoms with van der Waals surface area (Å²) in [4.78, 5) is 0. The molecule has 0 aliphatic heterocycles. The molecule has 2 rings (SSSR count). The van der Waals surface area contributed by atoms with Gasteiger partial charge in [0, 0.05) is 0 Å². The van der Waals surface area contributed by atoms with Gasteiger partial charge in [-0.2, -0.15) is 0 Å². The largest absolute Gasteiger partial charge is 0.207 e. The highest BCUT2D eigenvalue weighted by atomic mass is 19.1. The Hall–Kier alpha value is -1.63. The van der Waals surface area contributed by atoms with Crippen molar-refractivity contribution in [2.24, 2.45) is 0 Å². The molecule has 0 heterocycles. The maximum atomic E-state index is 13.2. The quantitative estimate of drug-likeness (QED) is 0.684. The number of hydrogen-bond donors (Lipinski definition) is 0. The van der Waals surface area contributed by atoms with Crippen molar-refractivity contribution in [2.75, 3.05) is 0 Å². The van der Waals surface area contributed by atoms with E-state index in [1.165, 1.54) is 11.6 Å². The zero-order valence-electron chi connectivity index (χ0n) is 9.57. The van der Waals surface area contributed by atoms with E-state index in [9.17, 15) is 4.39 Å². The molecule has 16 heavy (non-hydrogen) atoms. The Bertz CT molecular complexity index is 486. The molecule has 0 aromatic heterocycles. The first-order valence-corrected chi connectivity index (χ1v) is 5.53. The van der Waals surface area contributed by atoms with Crippen molar-refractivity contribution in [1.29, 1.82) is 0 Å². The summed E-state index contributed by atoms with van der Waals surface area (Å²) < 4.78 is 13.2. The lowest BCUT2D eigenvalue weighted by molar-refractivity contribution is 0.628. The molecule has 0 aliphatic rings. The Labute approximate surface area is 95.7 Å². The van der Waals surface area contributed by atoms with Gasteiger partial charge in [-0.1, -0.05) is 50.2 Å². The molecule has 0 saturated carbocycles. The summed E-state index contributed by atoms with van der Waals surface area (Å²) in [5.74, 6) is 0.260. The molecule has 2 aromatic rings. The SMILES string of the molecule is CC(C)c1ccccc1-c1cccc(F)c1. The van der Waals surface area contributed by atoms with Gasteiger partial charge in [-0.25, -0.2) is 4.39 Å². The summed E-state index contributed by atoms with van der Waals surface area (Å²) in [6.45, 7) is 4.30. The van der Waals surface area contributed by atoms with Gasteiger partial charge >= 0.3 is 0 Å². The Morgan fingerprint density at radius 2 is 1.69 bits per heavy atom. The van der Waals surface area contributed by atoms with Crippen LogP contribution in [0.4, 0.5) is 4.39 Å². The molecular formula is C15H15F. The first-order valence-electron chi connectivity index (χ1n) is 5.53. The highest BCUT2D eigenvalue weighted by Gasteiger charge is 2.07. The third kappa shape index (κ3) is 2.13. The smallest absolute Gasteiger partial charge is 0.123 e. The van der Waals surface area contributed by atoms with Crippen LogP contribution >= 0.6 is 0 Å². The standard InChI is InChI=1S/C15H15F/c1-11(2)14-8-3-4-9-15(14)12-6-5-7-13(16)10-12/h3-11H,1-2H3. The lowest BCUT2D eigenvalue weighted by atomic mass is 9.93. The van der Waals surface area contributed by atoms with E-state index in [1.807, 2.05) is 24.3 Å². The maximum Gasteiger partial charge on any atom is 0.123 e. The van der Waals surface area contributed by atoms with Crippen LogP contribution in [0, 0.1) is 5.82 Å². The van der Waals surface area contributed by atoms with Crippen molar-refractivity contribution in [3.63, 3.8) is 0 Å². The second kappa shape index (κ2) is 4.48. The van der Waals surface area contributed by atoms with E-state index in [2.05, 4.69) is 19.9 Å². The third-order valence-corrected chi connectivity index (χ3v) is 2.72. The van der Waals surface area contributed by atoms with E-state index in [0.717, 1.165) is 11.1 Å². The van der Waals surface area contributed by atoms with Crippen molar-refractivity contribution in [1.82, 2.24) is 0 Å². The van der Waals surface area contributed by atoms with Crippen LogP contribution in [-0.2, 0) is 0 Å². The summed E-state index contributed by atoms with van der Waals surface area (Å²) in [6, 6.07) is 14.9. The van der Waals surface area contributed by atoms with Gasteiger partial charge in [0.2, 0.25) is 0 Å². The molecule has 0 saturated heterocycles. The molecule has 0 radical (unpaired) electrons. The van der Waals surface area contributed by atoms with Crippen LogP contribution in [0.25, 0.3) is 11.1 Å². The van der Waals surface area contributed by atoms with Crippen LogP contribution in [0.1, 0.15) is 25.3 Å². The monoisotopic (exact) mass is 214 g/mol. The van der Waals surface area contributed by atoms with Crippen molar-refractivity contribution in [3.8, 4) is 11.1 Å². The van der Waals surface area contributed by atoms with Gasteiger partial charge in [-0.3, -0.25) is 0 Å². The van der Waals surface area contributed by atoms with E-state index in [1.54, 1.807) is 12.1 Å². The van der Waals surface area contributed by atoms with Gasteiger partial charge in [-0.05, 0) is 34.7 Å². The molecule has 0 amide bonds. The molecule has 0 spiro atoms. The molecule has 0 aliphatic carbocycles. The number of benzene rings is 2. The molecule has 0 bridgehead atoms. The minimum absolute atomic E-state index is 0.184. The highest BCUT2D eigenvalue weighted by molar-refractivity contribution is 5.67. The summed E-state index contributed by atoms with van der Waals surface area (Å²) in [5.41, 5.74) is 3.33. The average Bonchev–Trinajstić information content (AvgIpc) is 2.29. The first kappa shape index (κ1) is 10.9. The summed E-state index contributed by atoms with van der Waals surface area (Å²) in [6.07, 6.45) is 0. The lowest BCUT2D eigenvalue weighted by Gasteiger charge is -2.12. The van der Waals surface area contributed by atoms with Gasteiger partial charge in [0.1, 0.15) is 5.82 Å². The van der Waals surface area contributed by atoms with Crippen LogP contribution in [0.15, 0.2) is 48.5 Å². The molecule has 2 aromatic carbocycles. The fourth-order valence-electron chi connectivity index (χ4n) is 1.92. The van der Waals surface area contributed by atoms with Crippen LogP contribution in [0.5, 0.6) is 0 Å². The fourth-order valence-corrected chi connectivity index (χ4v) is 1.92. The molecule has 0 fully saturated rings. The predicted octanol–water partition coefficient (Wildman–Crippen LogP) is 4.62. The van der Waals surface area contributed by atoms with E-state index in [0.29, 0.717) is 5.92 Å². The Balaban J connectivity index is 2.55. The second-order valence-electron chi connectivity index (χ2n) is 4.25. The summed E-state index contributed by atoms with van der Waals surface area (Å²) in [5, 5.41) is 0. The fraction of sp³-hybridized carbons (Fsp3) is 0.200.